The van der Waals surface area contributed by atoms with Gasteiger partial charge in [0.25, 0.3) is 0 Å². The molecule has 3 rings (SSSR count). The molecule has 0 radical (unpaired) electrons. The third kappa shape index (κ3) is 5.49. The fourth-order valence-electron chi connectivity index (χ4n) is 3.69. The molecule has 0 saturated carbocycles. The van der Waals surface area contributed by atoms with Gasteiger partial charge in [0.05, 0.1) is 12.5 Å². The fourth-order valence-corrected chi connectivity index (χ4v) is 3.69. The standard InChI is InChI=1S/C24H29N3O4/c1-17(19-6-4-3-5-7-19)23(30)25-22(16-28)24(31)27-14-12-26(13-15-27)21-10-8-20(9-11-21)18(2)29/h3-11,17,22,28H,12-16H2,1-2H3,(H,25,30). The lowest BCUT2D eigenvalue weighted by molar-refractivity contribution is -0.138. The number of rotatable bonds is 7. The molecule has 0 bridgehead atoms. The van der Waals surface area contributed by atoms with Gasteiger partial charge < -0.3 is 20.2 Å². The summed E-state index contributed by atoms with van der Waals surface area (Å²) >= 11 is 0. The topological polar surface area (TPSA) is 90.0 Å². The molecule has 2 unspecified atom stereocenters. The number of anilines is 1. The molecule has 1 aliphatic heterocycles. The summed E-state index contributed by atoms with van der Waals surface area (Å²) in [6, 6.07) is 15.8. The van der Waals surface area contributed by atoms with Crippen LogP contribution in [0.25, 0.3) is 0 Å². The number of nitrogens with zero attached hydrogens (tertiary/aromatic N) is 2. The van der Waals surface area contributed by atoms with Crippen molar-refractivity contribution in [2.45, 2.75) is 25.8 Å². The molecule has 2 N–H and O–H groups in total. The van der Waals surface area contributed by atoms with Gasteiger partial charge in [-0.2, -0.15) is 0 Å². The molecule has 0 aliphatic carbocycles. The van der Waals surface area contributed by atoms with Gasteiger partial charge in [0.2, 0.25) is 11.8 Å². The number of piperazine rings is 1. The van der Waals surface area contributed by atoms with Crippen LogP contribution in [-0.4, -0.2) is 66.4 Å². The summed E-state index contributed by atoms with van der Waals surface area (Å²) in [7, 11) is 0. The van der Waals surface area contributed by atoms with Crippen LogP contribution in [0, 0.1) is 0 Å². The molecule has 31 heavy (non-hydrogen) atoms. The number of carbonyl (C=O) groups is 3. The van der Waals surface area contributed by atoms with E-state index in [0.717, 1.165) is 11.3 Å². The van der Waals surface area contributed by atoms with E-state index in [4.69, 9.17) is 0 Å². The Balaban J connectivity index is 1.55. The Hall–Kier alpha value is -3.19. The maximum Gasteiger partial charge on any atom is 0.247 e. The van der Waals surface area contributed by atoms with Crippen molar-refractivity contribution in [1.29, 1.82) is 0 Å². The summed E-state index contributed by atoms with van der Waals surface area (Å²) in [5.41, 5.74) is 2.53. The lowest BCUT2D eigenvalue weighted by Crippen LogP contribution is -2.56. The zero-order valence-electron chi connectivity index (χ0n) is 18.0. The van der Waals surface area contributed by atoms with Crippen molar-refractivity contribution in [3.05, 3.63) is 65.7 Å². The molecule has 1 fully saturated rings. The van der Waals surface area contributed by atoms with Crippen LogP contribution in [-0.2, 0) is 9.59 Å². The zero-order valence-corrected chi connectivity index (χ0v) is 18.0. The second kappa shape index (κ2) is 10.2. The summed E-state index contributed by atoms with van der Waals surface area (Å²) in [6.07, 6.45) is 0. The van der Waals surface area contributed by atoms with Crippen molar-refractivity contribution in [2.24, 2.45) is 0 Å². The number of hydrogen-bond donors (Lipinski definition) is 2. The molecule has 164 valence electrons. The highest BCUT2D eigenvalue weighted by Crippen LogP contribution is 2.19. The summed E-state index contributed by atoms with van der Waals surface area (Å²) < 4.78 is 0. The predicted molar refractivity (Wildman–Crippen MR) is 119 cm³/mol. The van der Waals surface area contributed by atoms with Gasteiger partial charge >= 0.3 is 0 Å². The van der Waals surface area contributed by atoms with Gasteiger partial charge in [0.15, 0.2) is 5.78 Å². The second-order valence-electron chi connectivity index (χ2n) is 7.79. The smallest absolute Gasteiger partial charge is 0.247 e. The first-order chi connectivity index (χ1) is 14.9. The van der Waals surface area contributed by atoms with Crippen LogP contribution in [0.3, 0.4) is 0 Å². The number of benzene rings is 2. The van der Waals surface area contributed by atoms with Crippen molar-refractivity contribution >= 4 is 23.3 Å². The second-order valence-corrected chi connectivity index (χ2v) is 7.79. The van der Waals surface area contributed by atoms with Crippen LogP contribution in [0.5, 0.6) is 0 Å². The summed E-state index contributed by atoms with van der Waals surface area (Å²) in [4.78, 5) is 40.7. The first kappa shape index (κ1) is 22.5. The maximum atomic E-state index is 12.9. The van der Waals surface area contributed by atoms with E-state index in [2.05, 4.69) is 10.2 Å². The van der Waals surface area contributed by atoms with Crippen molar-refractivity contribution in [2.75, 3.05) is 37.7 Å². The molecule has 0 aromatic heterocycles. The number of ketones is 1. The minimum Gasteiger partial charge on any atom is -0.394 e. The highest BCUT2D eigenvalue weighted by Gasteiger charge is 2.29. The van der Waals surface area contributed by atoms with E-state index in [9.17, 15) is 19.5 Å². The highest BCUT2D eigenvalue weighted by atomic mass is 16.3. The number of Topliss-reactive ketones (excluding diaryl/α,β-unsaturated/α-hetero) is 1. The number of hydrogen-bond acceptors (Lipinski definition) is 5. The molecular weight excluding hydrogens is 394 g/mol. The Bertz CT molecular complexity index is 906. The SMILES string of the molecule is CC(=O)c1ccc(N2CCN(C(=O)C(CO)NC(=O)C(C)c3ccccc3)CC2)cc1. The number of carbonyl (C=O) groups excluding carboxylic acids is 3. The maximum absolute atomic E-state index is 12.9. The van der Waals surface area contributed by atoms with Crippen LogP contribution in [0.4, 0.5) is 5.69 Å². The molecule has 1 saturated heterocycles. The van der Waals surface area contributed by atoms with Gasteiger partial charge in [-0.3, -0.25) is 14.4 Å². The molecule has 2 atom stereocenters. The quantitative estimate of drug-likeness (QED) is 0.663. The predicted octanol–water partition coefficient (Wildman–Crippen LogP) is 1.82. The normalized spacial score (nSPS) is 15.8. The Morgan fingerprint density at radius 2 is 1.58 bits per heavy atom. The van der Waals surface area contributed by atoms with Crippen LogP contribution in [0.1, 0.15) is 35.7 Å². The first-order valence-corrected chi connectivity index (χ1v) is 10.5. The van der Waals surface area contributed by atoms with E-state index in [1.807, 2.05) is 42.5 Å². The molecule has 7 nitrogen and oxygen atoms in total. The monoisotopic (exact) mass is 423 g/mol. The largest absolute Gasteiger partial charge is 0.394 e. The molecule has 0 spiro atoms. The lowest BCUT2D eigenvalue weighted by atomic mass is 10.00. The van der Waals surface area contributed by atoms with Gasteiger partial charge in [-0.15, -0.1) is 0 Å². The fraction of sp³-hybridized carbons (Fsp3) is 0.375. The van der Waals surface area contributed by atoms with E-state index in [-0.39, 0.29) is 17.6 Å². The Morgan fingerprint density at radius 3 is 2.13 bits per heavy atom. The molecule has 2 aromatic rings. The van der Waals surface area contributed by atoms with Crippen molar-refractivity contribution in [3.8, 4) is 0 Å². The molecule has 1 heterocycles. The van der Waals surface area contributed by atoms with Crippen molar-refractivity contribution in [3.63, 3.8) is 0 Å². The Morgan fingerprint density at radius 1 is 0.968 bits per heavy atom. The Labute approximate surface area is 182 Å². The molecule has 1 aliphatic rings. The molecule has 2 amide bonds. The number of aliphatic hydroxyl groups is 1. The van der Waals surface area contributed by atoms with E-state index in [0.29, 0.717) is 31.7 Å². The highest BCUT2D eigenvalue weighted by molar-refractivity contribution is 5.94. The van der Waals surface area contributed by atoms with Crippen molar-refractivity contribution < 1.29 is 19.5 Å². The van der Waals surface area contributed by atoms with Crippen LogP contribution in [0.15, 0.2) is 54.6 Å². The van der Waals surface area contributed by atoms with Gasteiger partial charge in [-0.25, -0.2) is 0 Å². The van der Waals surface area contributed by atoms with Gasteiger partial charge in [0, 0.05) is 37.4 Å². The molecule has 7 heteroatoms. The first-order valence-electron chi connectivity index (χ1n) is 10.5. The van der Waals surface area contributed by atoms with Crippen LogP contribution < -0.4 is 10.2 Å². The third-order valence-electron chi connectivity index (χ3n) is 5.72. The summed E-state index contributed by atoms with van der Waals surface area (Å²) in [5, 5.41) is 12.4. The van der Waals surface area contributed by atoms with Gasteiger partial charge in [-0.1, -0.05) is 30.3 Å². The van der Waals surface area contributed by atoms with E-state index in [1.54, 1.807) is 24.0 Å². The van der Waals surface area contributed by atoms with E-state index < -0.39 is 18.6 Å². The average Bonchev–Trinajstić information content (AvgIpc) is 2.82. The van der Waals surface area contributed by atoms with Gasteiger partial charge in [-0.05, 0) is 43.7 Å². The minimum atomic E-state index is -0.958. The van der Waals surface area contributed by atoms with Crippen molar-refractivity contribution in [1.82, 2.24) is 10.2 Å². The van der Waals surface area contributed by atoms with Crippen LogP contribution in [0.2, 0.25) is 0 Å². The minimum absolute atomic E-state index is 0.0284. The average molecular weight is 424 g/mol. The zero-order chi connectivity index (χ0) is 22.4. The van der Waals surface area contributed by atoms with Gasteiger partial charge in [0.1, 0.15) is 6.04 Å². The van der Waals surface area contributed by atoms with E-state index >= 15 is 0 Å². The third-order valence-corrected chi connectivity index (χ3v) is 5.72. The number of nitrogens with one attached hydrogen (secondary N) is 1. The number of aliphatic hydroxyl groups excluding tert-OH is 1. The summed E-state index contributed by atoms with van der Waals surface area (Å²) in [5.74, 6) is -0.955. The van der Waals surface area contributed by atoms with Crippen LogP contribution >= 0.6 is 0 Å². The lowest BCUT2D eigenvalue weighted by Gasteiger charge is -2.37. The Kier molecular flexibility index (Phi) is 7.41. The molecule has 2 aromatic carbocycles. The number of amides is 2. The molecular formula is C24H29N3O4. The van der Waals surface area contributed by atoms with E-state index in [1.165, 1.54) is 6.92 Å². The summed E-state index contributed by atoms with van der Waals surface area (Å²) in [6.45, 7) is 5.13.